The largest absolute Gasteiger partial charge is 0.364 e. The monoisotopic (exact) mass is 357 g/mol. The van der Waals surface area contributed by atoms with Crippen LogP contribution in [0, 0.1) is 23.2 Å². The number of nitrogens with zero attached hydrogens (tertiary/aromatic N) is 2. The second-order valence-electron chi connectivity index (χ2n) is 8.99. The third kappa shape index (κ3) is 2.83. The van der Waals surface area contributed by atoms with Crippen molar-refractivity contribution in [2.24, 2.45) is 23.2 Å². The number of hydrogen-bond acceptors (Lipinski definition) is 4. The van der Waals surface area contributed by atoms with E-state index in [1.54, 1.807) is 6.07 Å². The Kier molecular flexibility index (Phi) is 3.83. The fourth-order valence-electron chi connectivity index (χ4n) is 5.82. The molecule has 0 bridgehead atoms. The summed E-state index contributed by atoms with van der Waals surface area (Å²) in [5, 5.41) is 7.17. The summed E-state index contributed by atoms with van der Waals surface area (Å²) in [5.74, 6) is 1.86. The number of aromatic nitrogens is 1. The minimum Gasteiger partial charge on any atom is -0.364 e. The van der Waals surface area contributed by atoms with Crippen molar-refractivity contribution in [3.63, 3.8) is 0 Å². The maximum Gasteiger partial charge on any atom is 0.228 e. The molecule has 1 aromatic rings. The van der Waals surface area contributed by atoms with E-state index in [9.17, 15) is 9.59 Å². The Morgan fingerprint density at radius 2 is 2.08 bits per heavy atom. The van der Waals surface area contributed by atoms with E-state index in [2.05, 4.69) is 10.5 Å². The van der Waals surface area contributed by atoms with Crippen LogP contribution in [0.25, 0.3) is 0 Å². The first kappa shape index (κ1) is 16.3. The van der Waals surface area contributed by atoms with Crippen molar-refractivity contribution in [3.8, 4) is 0 Å². The molecule has 6 nitrogen and oxygen atoms in total. The number of piperidine rings is 1. The van der Waals surface area contributed by atoms with Gasteiger partial charge in [0.2, 0.25) is 11.8 Å². The summed E-state index contributed by atoms with van der Waals surface area (Å²) >= 11 is 0. The van der Waals surface area contributed by atoms with Crippen molar-refractivity contribution in [1.29, 1.82) is 0 Å². The smallest absolute Gasteiger partial charge is 0.228 e. The fraction of sp³-hybridized carbons (Fsp3) is 0.750. The van der Waals surface area contributed by atoms with Gasteiger partial charge in [0.1, 0.15) is 6.26 Å². The van der Waals surface area contributed by atoms with Crippen LogP contribution in [-0.2, 0) is 16.0 Å². The summed E-state index contributed by atoms with van der Waals surface area (Å²) in [5.41, 5.74) is 0.893. The standard InChI is InChI=1S/C20H27N3O3/c24-17(9-13-5-8-26-22-13)23-11-14(10-20(12-23)6-2-7-20)21-19(25)18-15-3-1-4-16(15)18/h5,8,14-16,18H,1-4,6-7,9-12H2,(H,21,25). The van der Waals surface area contributed by atoms with Crippen LogP contribution in [-0.4, -0.2) is 41.0 Å². The molecule has 140 valence electrons. The summed E-state index contributed by atoms with van der Waals surface area (Å²) in [7, 11) is 0. The molecule has 2 amide bonds. The SMILES string of the molecule is O=C(NC1CN(C(=O)Cc2ccon2)CC2(CCC2)C1)C1C2CCCC21. The quantitative estimate of drug-likeness (QED) is 0.896. The Morgan fingerprint density at radius 1 is 1.27 bits per heavy atom. The minimum absolute atomic E-state index is 0.0902. The molecular weight excluding hydrogens is 330 g/mol. The van der Waals surface area contributed by atoms with Crippen molar-refractivity contribution in [3.05, 3.63) is 18.0 Å². The van der Waals surface area contributed by atoms with E-state index in [1.807, 2.05) is 4.90 Å². The van der Waals surface area contributed by atoms with E-state index in [0.717, 1.165) is 13.0 Å². The molecule has 4 aliphatic rings. The Balaban J connectivity index is 1.24. The van der Waals surface area contributed by atoms with E-state index in [0.29, 0.717) is 24.1 Å². The highest BCUT2D eigenvalue weighted by atomic mass is 16.5. The lowest BCUT2D eigenvalue weighted by atomic mass is 9.63. The molecule has 5 rings (SSSR count). The molecule has 4 fully saturated rings. The number of rotatable bonds is 4. The molecule has 1 spiro atoms. The number of likely N-dealkylation sites (tertiary alicyclic amines) is 1. The number of carbonyl (C=O) groups is 2. The van der Waals surface area contributed by atoms with Gasteiger partial charge in [-0.25, -0.2) is 0 Å². The Bertz CT molecular complexity index is 687. The zero-order chi connectivity index (χ0) is 17.7. The zero-order valence-corrected chi connectivity index (χ0v) is 15.2. The van der Waals surface area contributed by atoms with Crippen molar-refractivity contribution >= 4 is 11.8 Å². The average molecular weight is 357 g/mol. The van der Waals surface area contributed by atoms with Crippen LogP contribution >= 0.6 is 0 Å². The summed E-state index contributed by atoms with van der Waals surface area (Å²) in [4.78, 5) is 27.4. The topological polar surface area (TPSA) is 75.4 Å². The number of amides is 2. The first-order chi connectivity index (χ1) is 12.6. The van der Waals surface area contributed by atoms with Gasteiger partial charge in [0.25, 0.3) is 0 Å². The van der Waals surface area contributed by atoms with Crippen molar-refractivity contribution in [2.45, 2.75) is 57.4 Å². The van der Waals surface area contributed by atoms with Crippen LogP contribution in [0.1, 0.15) is 50.6 Å². The van der Waals surface area contributed by atoms with Crippen LogP contribution in [0.2, 0.25) is 0 Å². The third-order valence-corrected chi connectivity index (χ3v) is 7.29. The maximum absolute atomic E-state index is 12.8. The predicted molar refractivity (Wildman–Crippen MR) is 93.9 cm³/mol. The third-order valence-electron chi connectivity index (χ3n) is 7.29. The van der Waals surface area contributed by atoms with E-state index in [4.69, 9.17) is 4.52 Å². The lowest BCUT2D eigenvalue weighted by molar-refractivity contribution is -0.138. The van der Waals surface area contributed by atoms with Gasteiger partial charge in [-0.1, -0.05) is 18.0 Å². The molecule has 0 aromatic carbocycles. The van der Waals surface area contributed by atoms with Gasteiger partial charge in [-0.3, -0.25) is 9.59 Å². The Labute approximate surface area is 153 Å². The van der Waals surface area contributed by atoms with Crippen LogP contribution < -0.4 is 5.32 Å². The van der Waals surface area contributed by atoms with Gasteiger partial charge in [-0.2, -0.15) is 0 Å². The van der Waals surface area contributed by atoms with E-state index >= 15 is 0 Å². The number of nitrogens with one attached hydrogen (secondary N) is 1. The van der Waals surface area contributed by atoms with Gasteiger partial charge in [-0.05, 0) is 49.4 Å². The molecule has 1 saturated heterocycles. The predicted octanol–water partition coefficient (Wildman–Crippen LogP) is 2.15. The number of fused-ring (bicyclic) bond motifs is 1. The van der Waals surface area contributed by atoms with Gasteiger partial charge in [0.05, 0.1) is 12.1 Å². The molecule has 3 atom stereocenters. The van der Waals surface area contributed by atoms with Gasteiger partial charge in [-0.15, -0.1) is 0 Å². The van der Waals surface area contributed by atoms with Gasteiger partial charge in [0, 0.05) is 31.1 Å². The first-order valence-corrected chi connectivity index (χ1v) is 10.1. The second kappa shape index (κ2) is 6.10. The number of hydrogen-bond donors (Lipinski definition) is 1. The molecule has 1 aliphatic heterocycles. The molecule has 6 heteroatoms. The molecule has 1 aromatic heterocycles. The molecule has 3 unspecified atom stereocenters. The molecular formula is C20H27N3O3. The zero-order valence-electron chi connectivity index (χ0n) is 15.2. The van der Waals surface area contributed by atoms with E-state index in [-0.39, 0.29) is 35.6 Å². The van der Waals surface area contributed by atoms with Crippen LogP contribution in [0.5, 0.6) is 0 Å². The van der Waals surface area contributed by atoms with Crippen LogP contribution in [0.4, 0.5) is 0 Å². The maximum atomic E-state index is 12.8. The van der Waals surface area contributed by atoms with E-state index < -0.39 is 0 Å². The lowest BCUT2D eigenvalue weighted by Crippen LogP contribution is -2.59. The normalized spacial score (nSPS) is 34.2. The molecule has 3 aliphatic carbocycles. The molecule has 3 saturated carbocycles. The number of carbonyl (C=O) groups excluding carboxylic acids is 2. The molecule has 26 heavy (non-hydrogen) atoms. The summed E-state index contributed by atoms with van der Waals surface area (Å²) in [6.45, 7) is 1.46. The summed E-state index contributed by atoms with van der Waals surface area (Å²) in [6.07, 6.45) is 10.1. The van der Waals surface area contributed by atoms with Crippen LogP contribution in [0.3, 0.4) is 0 Å². The minimum atomic E-state index is 0.0902. The van der Waals surface area contributed by atoms with Crippen molar-refractivity contribution in [1.82, 2.24) is 15.4 Å². The van der Waals surface area contributed by atoms with Gasteiger partial charge < -0.3 is 14.7 Å². The summed E-state index contributed by atoms with van der Waals surface area (Å²) in [6, 6.07) is 1.84. The lowest BCUT2D eigenvalue weighted by Gasteiger charge is -2.51. The van der Waals surface area contributed by atoms with Crippen molar-refractivity contribution < 1.29 is 14.1 Å². The fourth-order valence-corrected chi connectivity index (χ4v) is 5.82. The van der Waals surface area contributed by atoms with Gasteiger partial charge >= 0.3 is 0 Å². The second-order valence-corrected chi connectivity index (χ2v) is 8.99. The van der Waals surface area contributed by atoms with E-state index in [1.165, 1.54) is 44.8 Å². The van der Waals surface area contributed by atoms with Crippen LogP contribution in [0.15, 0.2) is 16.9 Å². The highest BCUT2D eigenvalue weighted by Gasteiger charge is 2.57. The van der Waals surface area contributed by atoms with Gasteiger partial charge in [0.15, 0.2) is 0 Å². The molecule has 0 radical (unpaired) electrons. The Hall–Kier alpha value is -1.85. The van der Waals surface area contributed by atoms with Crippen molar-refractivity contribution in [2.75, 3.05) is 13.1 Å². The summed E-state index contributed by atoms with van der Waals surface area (Å²) < 4.78 is 4.84. The highest BCUT2D eigenvalue weighted by Crippen LogP contribution is 2.57. The highest BCUT2D eigenvalue weighted by molar-refractivity contribution is 5.83. The Morgan fingerprint density at radius 3 is 2.73 bits per heavy atom. The molecule has 1 N–H and O–H groups in total. The molecule has 2 heterocycles. The first-order valence-electron chi connectivity index (χ1n) is 10.1. The average Bonchev–Trinajstić information content (AvgIpc) is 2.97.